The summed E-state index contributed by atoms with van der Waals surface area (Å²) >= 11 is 6.25. The maximum atomic E-state index is 12.6. The van der Waals surface area contributed by atoms with E-state index in [9.17, 15) is 4.79 Å². The third-order valence-corrected chi connectivity index (χ3v) is 4.60. The van der Waals surface area contributed by atoms with E-state index in [1.165, 1.54) is 11.3 Å². The van der Waals surface area contributed by atoms with Crippen LogP contribution in [0.25, 0.3) is 10.9 Å². The molecule has 0 radical (unpaired) electrons. The molecule has 1 N–H and O–H groups in total. The van der Waals surface area contributed by atoms with E-state index < -0.39 is 0 Å². The third-order valence-electron chi connectivity index (χ3n) is 4.28. The molecular formula is C16H15ClN4O. The van der Waals surface area contributed by atoms with Crippen LogP contribution in [-0.4, -0.2) is 31.9 Å². The minimum absolute atomic E-state index is 0.0158. The van der Waals surface area contributed by atoms with Gasteiger partial charge in [0.05, 0.1) is 23.1 Å². The van der Waals surface area contributed by atoms with Gasteiger partial charge in [-0.15, -0.1) is 0 Å². The number of fused-ring (bicyclic) bond motifs is 3. The summed E-state index contributed by atoms with van der Waals surface area (Å²) < 4.78 is 1.75. The summed E-state index contributed by atoms with van der Waals surface area (Å²) in [4.78, 5) is 21.9. The highest BCUT2D eigenvalue weighted by Crippen LogP contribution is 2.31. The van der Waals surface area contributed by atoms with Crippen LogP contribution < -0.4 is 0 Å². The minimum atomic E-state index is 0.0158. The summed E-state index contributed by atoms with van der Waals surface area (Å²) in [5.74, 6) is 0.0158. The normalized spacial score (nSPS) is 14.4. The molecule has 0 aliphatic carbocycles. The number of nitrogens with zero attached hydrogens (tertiary/aromatic N) is 3. The number of imidazole rings is 1. The molecule has 22 heavy (non-hydrogen) atoms. The largest absolute Gasteiger partial charge is 0.357 e. The van der Waals surface area contributed by atoms with Gasteiger partial charge in [0.15, 0.2) is 0 Å². The lowest BCUT2D eigenvalue weighted by molar-refractivity contribution is 0.0725. The van der Waals surface area contributed by atoms with Crippen molar-refractivity contribution in [1.29, 1.82) is 0 Å². The molecule has 1 aliphatic heterocycles. The summed E-state index contributed by atoms with van der Waals surface area (Å²) in [5.41, 5.74) is 3.92. The van der Waals surface area contributed by atoms with Gasteiger partial charge >= 0.3 is 0 Å². The first-order chi connectivity index (χ1) is 10.6. The van der Waals surface area contributed by atoms with Gasteiger partial charge in [0.1, 0.15) is 5.69 Å². The van der Waals surface area contributed by atoms with Crippen molar-refractivity contribution in [2.45, 2.75) is 13.0 Å². The number of carbonyl (C=O) groups is 1. The number of carbonyl (C=O) groups excluding carboxylic acids is 1. The van der Waals surface area contributed by atoms with Crippen molar-refractivity contribution in [3.05, 3.63) is 52.7 Å². The predicted octanol–water partition coefficient (Wildman–Crippen LogP) is 2.75. The van der Waals surface area contributed by atoms with E-state index in [0.717, 1.165) is 22.3 Å². The first-order valence-electron chi connectivity index (χ1n) is 7.18. The highest BCUT2D eigenvalue weighted by molar-refractivity contribution is 6.35. The fourth-order valence-electron chi connectivity index (χ4n) is 3.10. The molecule has 0 unspecified atom stereocenters. The number of amides is 1. The van der Waals surface area contributed by atoms with Crippen LogP contribution in [0.1, 0.15) is 21.7 Å². The number of aromatic nitrogens is 3. The van der Waals surface area contributed by atoms with Gasteiger partial charge in [0, 0.05) is 43.2 Å². The Labute approximate surface area is 132 Å². The van der Waals surface area contributed by atoms with Crippen LogP contribution in [-0.2, 0) is 20.0 Å². The van der Waals surface area contributed by atoms with E-state index in [4.69, 9.17) is 11.6 Å². The topological polar surface area (TPSA) is 53.9 Å². The molecule has 5 nitrogen and oxygen atoms in total. The molecule has 3 aromatic rings. The van der Waals surface area contributed by atoms with Crippen molar-refractivity contribution in [3.8, 4) is 0 Å². The van der Waals surface area contributed by atoms with Crippen LogP contribution >= 0.6 is 11.6 Å². The zero-order valence-corrected chi connectivity index (χ0v) is 12.9. The van der Waals surface area contributed by atoms with Crippen molar-refractivity contribution in [2.75, 3.05) is 6.54 Å². The zero-order chi connectivity index (χ0) is 15.3. The monoisotopic (exact) mass is 314 g/mol. The van der Waals surface area contributed by atoms with Crippen LogP contribution in [0.4, 0.5) is 0 Å². The van der Waals surface area contributed by atoms with Gasteiger partial charge in [-0.3, -0.25) is 4.79 Å². The standard InChI is InChI=1S/C16H15ClN4O/c1-20-9-18-7-14(20)16(22)21-6-5-13-11(8-21)10-3-2-4-12(17)15(10)19-13/h2-4,7,9,19H,5-6,8H2,1H3. The number of rotatable bonds is 1. The second-order valence-electron chi connectivity index (χ2n) is 5.61. The Morgan fingerprint density at radius 1 is 1.41 bits per heavy atom. The van der Waals surface area contributed by atoms with Crippen molar-refractivity contribution in [1.82, 2.24) is 19.4 Å². The number of aromatic amines is 1. The Bertz CT molecular complexity index is 880. The van der Waals surface area contributed by atoms with Gasteiger partial charge in [-0.1, -0.05) is 23.7 Å². The van der Waals surface area contributed by atoms with Crippen molar-refractivity contribution in [3.63, 3.8) is 0 Å². The summed E-state index contributed by atoms with van der Waals surface area (Å²) in [6.07, 6.45) is 4.07. The van der Waals surface area contributed by atoms with Crippen LogP contribution in [0.2, 0.25) is 5.02 Å². The van der Waals surface area contributed by atoms with Crippen molar-refractivity contribution in [2.24, 2.45) is 7.05 Å². The molecule has 0 atom stereocenters. The molecule has 1 aliphatic rings. The number of benzene rings is 1. The molecule has 0 saturated heterocycles. The molecular weight excluding hydrogens is 300 g/mol. The Morgan fingerprint density at radius 3 is 3.05 bits per heavy atom. The molecule has 0 spiro atoms. The average Bonchev–Trinajstić information content (AvgIpc) is 3.10. The number of H-pyrrole nitrogens is 1. The van der Waals surface area contributed by atoms with E-state index in [1.807, 2.05) is 24.1 Å². The molecule has 4 rings (SSSR count). The van der Waals surface area contributed by atoms with E-state index >= 15 is 0 Å². The van der Waals surface area contributed by atoms with Crippen LogP contribution in [0.3, 0.4) is 0 Å². The van der Waals surface area contributed by atoms with E-state index in [1.54, 1.807) is 17.1 Å². The Morgan fingerprint density at radius 2 is 2.27 bits per heavy atom. The third kappa shape index (κ3) is 1.93. The molecule has 0 saturated carbocycles. The SMILES string of the molecule is Cn1cncc1C(=O)N1CCc2[nH]c3c(Cl)cccc3c2C1. The molecule has 3 heterocycles. The number of hydrogen-bond acceptors (Lipinski definition) is 2. The maximum absolute atomic E-state index is 12.6. The molecule has 2 aromatic heterocycles. The summed E-state index contributed by atoms with van der Waals surface area (Å²) in [6.45, 7) is 1.29. The number of nitrogens with one attached hydrogen (secondary N) is 1. The second kappa shape index (κ2) is 4.88. The number of aryl methyl sites for hydroxylation is 1. The summed E-state index contributed by atoms with van der Waals surface area (Å²) in [6, 6.07) is 5.87. The summed E-state index contributed by atoms with van der Waals surface area (Å²) in [7, 11) is 1.83. The highest BCUT2D eigenvalue weighted by atomic mass is 35.5. The number of para-hydroxylation sites is 1. The van der Waals surface area contributed by atoms with Gasteiger partial charge in [-0.25, -0.2) is 4.98 Å². The second-order valence-corrected chi connectivity index (χ2v) is 6.02. The molecule has 1 aromatic carbocycles. The van der Waals surface area contributed by atoms with Crippen molar-refractivity contribution >= 4 is 28.4 Å². The lowest BCUT2D eigenvalue weighted by atomic mass is 10.0. The first kappa shape index (κ1) is 13.4. The van der Waals surface area contributed by atoms with Crippen LogP contribution in [0.5, 0.6) is 0 Å². The molecule has 1 amide bonds. The molecule has 0 fully saturated rings. The molecule has 0 bridgehead atoms. The lowest BCUT2D eigenvalue weighted by Crippen LogP contribution is -2.36. The van der Waals surface area contributed by atoms with E-state index in [0.29, 0.717) is 18.8 Å². The van der Waals surface area contributed by atoms with Crippen molar-refractivity contribution < 1.29 is 4.79 Å². The maximum Gasteiger partial charge on any atom is 0.272 e. The van der Waals surface area contributed by atoms with Gasteiger partial charge in [0.25, 0.3) is 5.91 Å². The predicted molar refractivity (Wildman–Crippen MR) is 85.0 cm³/mol. The number of halogens is 1. The minimum Gasteiger partial charge on any atom is -0.357 e. The van der Waals surface area contributed by atoms with E-state index in [2.05, 4.69) is 16.0 Å². The van der Waals surface area contributed by atoms with Crippen LogP contribution in [0.15, 0.2) is 30.7 Å². The van der Waals surface area contributed by atoms with Gasteiger partial charge in [-0.2, -0.15) is 0 Å². The fourth-order valence-corrected chi connectivity index (χ4v) is 3.32. The Kier molecular flexibility index (Phi) is 2.97. The Balaban J connectivity index is 1.72. The lowest BCUT2D eigenvalue weighted by Gasteiger charge is -2.27. The van der Waals surface area contributed by atoms with Gasteiger partial charge in [-0.05, 0) is 6.07 Å². The number of hydrogen-bond donors (Lipinski definition) is 1. The van der Waals surface area contributed by atoms with Crippen LogP contribution in [0, 0.1) is 0 Å². The smallest absolute Gasteiger partial charge is 0.272 e. The quantitative estimate of drug-likeness (QED) is 0.751. The van der Waals surface area contributed by atoms with E-state index in [-0.39, 0.29) is 5.91 Å². The Hall–Kier alpha value is -2.27. The average molecular weight is 315 g/mol. The summed E-state index contributed by atoms with van der Waals surface area (Å²) in [5, 5.41) is 1.82. The highest BCUT2D eigenvalue weighted by Gasteiger charge is 2.26. The fraction of sp³-hybridized carbons (Fsp3) is 0.250. The zero-order valence-electron chi connectivity index (χ0n) is 12.1. The van der Waals surface area contributed by atoms with Gasteiger partial charge in [0.2, 0.25) is 0 Å². The van der Waals surface area contributed by atoms with Gasteiger partial charge < -0.3 is 14.5 Å². The first-order valence-corrected chi connectivity index (χ1v) is 7.56. The molecule has 112 valence electrons. The molecule has 6 heteroatoms.